The summed E-state index contributed by atoms with van der Waals surface area (Å²) >= 11 is 6.32. The van der Waals surface area contributed by atoms with Gasteiger partial charge in [0.2, 0.25) is 0 Å². The molecular formula is C18H11Br2FN2O3. The van der Waals surface area contributed by atoms with Crippen molar-refractivity contribution < 1.29 is 18.7 Å². The van der Waals surface area contributed by atoms with Crippen LogP contribution in [0.15, 0.2) is 67.0 Å². The van der Waals surface area contributed by atoms with Gasteiger partial charge in [0.05, 0.1) is 15.2 Å². The molecule has 8 heteroatoms. The predicted octanol–water partition coefficient (Wildman–Crippen LogP) is 5.08. The zero-order valence-electron chi connectivity index (χ0n) is 13.0. The predicted molar refractivity (Wildman–Crippen MR) is 103 cm³/mol. The first kappa shape index (κ1) is 18.3. The number of halogens is 3. The summed E-state index contributed by atoms with van der Waals surface area (Å²) < 4.78 is 19.6. The summed E-state index contributed by atoms with van der Waals surface area (Å²) in [5.74, 6) is 0.0824. The largest absolute Gasteiger partial charge is 0.506 e. The van der Waals surface area contributed by atoms with E-state index in [2.05, 4.69) is 42.4 Å². The van der Waals surface area contributed by atoms with Crippen molar-refractivity contribution >= 4 is 44.0 Å². The van der Waals surface area contributed by atoms with Crippen molar-refractivity contribution in [1.82, 2.24) is 5.43 Å². The molecule has 0 fully saturated rings. The minimum absolute atomic E-state index is 0.00511. The van der Waals surface area contributed by atoms with Crippen LogP contribution >= 0.6 is 31.9 Å². The van der Waals surface area contributed by atoms with Gasteiger partial charge in [-0.15, -0.1) is 0 Å². The van der Waals surface area contributed by atoms with Crippen molar-refractivity contribution in [3.05, 3.63) is 74.6 Å². The molecule has 3 aromatic rings. The number of hydrogen-bond donors (Lipinski definition) is 2. The SMILES string of the molecule is O=C(N/N=C\c1ccc(-c2cccc(F)c2)o1)c1cc(Br)c(O)c(Br)c1. The van der Waals surface area contributed by atoms with Crippen molar-refractivity contribution in [3.8, 4) is 17.1 Å². The Morgan fingerprint density at radius 2 is 1.88 bits per heavy atom. The minimum Gasteiger partial charge on any atom is -0.506 e. The average Bonchev–Trinajstić information content (AvgIpc) is 3.08. The quantitative estimate of drug-likeness (QED) is 0.403. The maximum atomic E-state index is 13.3. The van der Waals surface area contributed by atoms with Gasteiger partial charge in [-0.3, -0.25) is 4.79 Å². The minimum atomic E-state index is -0.459. The molecule has 1 aromatic heterocycles. The van der Waals surface area contributed by atoms with E-state index in [4.69, 9.17) is 4.42 Å². The standard InChI is InChI=1S/C18H11Br2FN2O3/c19-14-7-11(8-15(20)17(14)24)18(25)23-22-9-13-4-5-16(26-13)10-2-1-3-12(21)6-10/h1-9,24H,(H,23,25)/b22-9-. The number of furan rings is 1. The molecule has 1 heterocycles. The van der Waals surface area contributed by atoms with Gasteiger partial charge in [0.25, 0.3) is 5.91 Å². The summed E-state index contributed by atoms with van der Waals surface area (Å²) in [4.78, 5) is 12.1. The summed E-state index contributed by atoms with van der Waals surface area (Å²) in [6.45, 7) is 0. The number of aromatic hydroxyl groups is 1. The van der Waals surface area contributed by atoms with Crippen LogP contribution in [-0.4, -0.2) is 17.2 Å². The third-order valence-corrected chi connectivity index (χ3v) is 4.58. The Bertz CT molecular complexity index is 979. The van der Waals surface area contributed by atoms with Crippen LogP contribution in [0.4, 0.5) is 4.39 Å². The van der Waals surface area contributed by atoms with E-state index in [-0.39, 0.29) is 11.6 Å². The Morgan fingerprint density at radius 1 is 1.15 bits per heavy atom. The summed E-state index contributed by atoms with van der Waals surface area (Å²) in [7, 11) is 0. The monoisotopic (exact) mass is 480 g/mol. The second-order valence-electron chi connectivity index (χ2n) is 5.20. The van der Waals surface area contributed by atoms with E-state index < -0.39 is 5.91 Å². The van der Waals surface area contributed by atoms with Crippen LogP contribution in [0.2, 0.25) is 0 Å². The van der Waals surface area contributed by atoms with Gasteiger partial charge in [-0.1, -0.05) is 12.1 Å². The molecule has 2 N–H and O–H groups in total. The van der Waals surface area contributed by atoms with Crippen LogP contribution in [-0.2, 0) is 0 Å². The Morgan fingerprint density at radius 3 is 2.58 bits per heavy atom. The first-order valence-electron chi connectivity index (χ1n) is 7.31. The van der Waals surface area contributed by atoms with E-state index in [1.807, 2.05) is 0 Å². The number of carbonyl (C=O) groups excluding carboxylic acids is 1. The number of nitrogens with zero attached hydrogens (tertiary/aromatic N) is 1. The fourth-order valence-electron chi connectivity index (χ4n) is 2.13. The lowest BCUT2D eigenvalue weighted by molar-refractivity contribution is 0.0955. The lowest BCUT2D eigenvalue weighted by Crippen LogP contribution is -2.17. The molecule has 5 nitrogen and oxygen atoms in total. The zero-order valence-corrected chi connectivity index (χ0v) is 16.2. The number of hydrogen-bond acceptors (Lipinski definition) is 4. The second-order valence-corrected chi connectivity index (χ2v) is 6.91. The molecule has 0 spiro atoms. The van der Waals surface area contributed by atoms with Gasteiger partial charge >= 0.3 is 0 Å². The van der Waals surface area contributed by atoms with Crippen LogP contribution in [0.5, 0.6) is 5.75 Å². The lowest BCUT2D eigenvalue weighted by atomic mass is 10.2. The van der Waals surface area contributed by atoms with Crippen molar-refractivity contribution in [3.63, 3.8) is 0 Å². The number of hydrazone groups is 1. The molecular weight excluding hydrogens is 471 g/mol. The number of nitrogens with one attached hydrogen (secondary N) is 1. The van der Waals surface area contributed by atoms with Gasteiger partial charge in [-0.05, 0) is 68.3 Å². The van der Waals surface area contributed by atoms with E-state index >= 15 is 0 Å². The number of amides is 1. The van der Waals surface area contributed by atoms with E-state index in [0.717, 1.165) is 0 Å². The van der Waals surface area contributed by atoms with Crippen LogP contribution < -0.4 is 5.43 Å². The molecule has 26 heavy (non-hydrogen) atoms. The van der Waals surface area contributed by atoms with Gasteiger partial charge in [0, 0.05) is 11.1 Å². The van der Waals surface area contributed by atoms with Crippen molar-refractivity contribution in [2.75, 3.05) is 0 Å². The van der Waals surface area contributed by atoms with E-state index in [9.17, 15) is 14.3 Å². The molecule has 3 rings (SSSR count). The van der Waals surface area contributed by atoms with Gasteiger partial charge in [0.15, 0.2) is 0 Å². The maximum Gasteiger partial charge on any atom is 0.271 e. The first-order chi connectivity index (χ1) is 12.4. The van der Waals surface area contributed by atoms with E-state index in [1.165, 1.54) is 30.5 Å². The summed E-state index contributed by atoms with van der Waals surface area (Å²) in [6.07, 6.45) is 1.34. The van der Waals surface area contributed by atoms with Gasteiger partial charge in [-0.25, -0.2) is 9.82 Å². The number of carbonyl (C=O) groups is 1. The molecule has 0 saturated heterocycles. The van der Waals surface area contributed by atoms with Gasteiger partial charge in [-0.2, -0.15) is 5.10 Å². The molecule has 132 valence electrons. The van der Waals surface area contributed by atoms with E-state index in [1.54, 1.807) is 24.3 Å². The number of benzene rings is 2. The number of rotatable bonds is 4. The average molecular weight is 482 g/mol. The lowest BCUT2D eigenvalue weighted by Gasteiger charge is -2.04. The molecule has 0 aliphatic carbocycles. The molecule has 0 radical (unpaired) electrons. The number of phenolic OH excluding ortho intramolecular Hbond substituents is 1. The second kappa shape index (κ2) is 7.84. The maximum absolute atomic E-state index is 13.3. The molecule has 0 aliphatic heterocycles. The van der Waals surface area contributed by atoms with Gasteiger partial charge in [0.1, 0.15) is 23.1 Å². The third kappa shape index (κ3) is 4.20. The molecule has 0 atom stereocenters. The Labute approximate surface area is 164 Å². The fourth-order valence-corrected chi connectivity index (χ4v) is 3.32. The van der Waals surface area contributed by atoms with Crippen molar-refractivity contribution in [2.45, 2.75) is 0 Å². The van der Waals surface area contributed by atoms with Crippen molar-refractivity contribution in [1.29, 1.82) is 0 Å². The zero-order chi connectivity index (χ0) is 18.7. The molecule has 0 unspecified atom stereocenters. The first-order valence-corrected chi connectivity index (χ1v) is 8.90. The topological polar surface area (TPSA) is 74.8 Å². The molecule has 0 saturated carbocycles. The number of phenols is 1. The highest BCUT2D eigenvalue weighted by Gasteiger charge is 2.11. The van der Waals surface area contributed by atoms with Crippen LogP contribution in [0.3, 0.4) is 0 Å². The highest BCUT2D eigenvalue weighted by molar-refractivity contribution is 9.11. The van der Waals surface area contributed by atoms with Crippen LogP contribution in [0.25, 0.3) is 11.3 Å². The molecule has 1 amide bonds. The van der Waals surface area contributed by atoms with Crippen molar-refractivity contribution in [2.24, 2.45) is 5.10 Å². The van der Waals surface area contributed by atoms with Gasteiger partial charge < -0.3 is 9.52 Å². The highest BCUT2D eigenvalue weighted by Crippen LogP contribution is 2.33. The Hall–Kier alpha value is -2.45. The Balaban J connectivity index is 1.68. The smallest absolute Gasteiger partial charge is 0.271 e. The summed E-state index contributed by atoms with van der Waals surface area (Å²) in [6, 6.07) is 12.3. The summed E-state index contributed by atoms with van der Waals surface area (Å²) in [5.41, 5.74) is 3.28. The normalized spacial score (nSPS) is 11.0. The summed E-state index contributed by atoms with van der Waals surface area (Å²) in [5, 5.41) is 13.5. The Kier molecular flexibility index (Phi) is 5.53. The highest BCUT2D eigenvalue weighted by atomic mass is 79.9. The fraction of sp³-hybridized carbons (Fsp3) is 0. The molecule has 0 aliphatic rings. The third-order valence-electron chi connectivity index (χ3n) is 3.37. The molecule has 2 aromatic carbocycles. The molecule has 0 bridgehead atoms. The van der Waals surface area contributed by atoms with Crippen LogP contribution in [0.1, 0.15) is 16.1 Å². The van der Waals surface area contributed by atoms with E-state index in [0.29, 0.717) is 31.6 Å². The van der Waals surface area contributed by atoms with Crippen LogP contribution in [0, 0.1) is 5.82 Å².